The summed E-state index contributed by atoms with van der Waals surface area (Å²) in [5.74, 6) is -0.499. The molecule has 2 atom stereocenters. The lowest BCUT2D eigenvalue weighted by Gasteiger charge is -2.25. The predicted molar refractivity (Wildman–Crippen MR) is 102 cm³/mol. The number of hydrogen-bond donors (Lipinski definition) is 1. The van der Waals surface area contributed by atoms with Crippen molar-refractivity contribution in [1.29, 1.82) is 5.26 Å². The van der Waals surface area contributed by atoms with E-state index in [0.717, 1.165) is 31.7 Å². The highest BCUT2D eigenvalue weighted by Crippen LogP contribution is 2.36. The van der Waals surface area contributed by atoms with Crippen molar-refractivity contribution in [3.8, 4) is 6.07 Å². The standard InChI is InChI=1S/C21H26F3N3O2/c1-29-13-15-11-27(12-18(15)20(28)26-16-5-3-2-4-6-16)17-8-7-14(10-25)19(9-17)21(22,23)24/h7-9,15-16,18H,2-6,11-13H2,1H3,(H,26,28)/t15-,18+/m1/s1. The van der Waals surface area contributed by atoms with Crippen molar-refractivity contribution >= 4 is 11.6 Å². The van der Waals surface area contributed by atoms with E-state index in [0.29, 0.717) is 25.4 Å². The van der Waals surface area contributed by atoms with E-state index in [2.05, 4.69) is 5.32 Å². The Morgan fingerprint density at radius 2 is 2.00 bits per heavy atom. The van der Waals surface area contributed by atoms with Crippen LogP contribution in [0.25, 0.3) is 0 Å². The van der Waals surface area contributed by atoms with Gasteiger partial charge in [-0.1, -0.05) is 19.3 Å². The molecule has 0 spiro atoms. The summed E-state index contributed by atoms with van der Waals surface area (Å²) in [6.07, 6.45) is 0.743. The summed E-state index contributed by atoms with van der Waals surface area (Å²) in [6.45, 7) is 1.12. The van der Waals surface area contributed by atoms with Crippen molar-refractivity contribution in [2.75, 3.05) is 31.7 Å². The maximum atomic E-state index is 13.3. The summed E-state index contributed by atoms with van der Waals surface area (Å²) < 4.78 is 45.2. The Morgan fingerprint density at radius 3 is 2.62 bits per heavy atom. The molecule has 1 N–H and O–H groups in total. The minimum atomic E-state index is -4.61. The Bertz CT molecular complexity index is 769. The van der Waals surface area contributed by atoms with E-state index in [1.807, 2.05) is 0 Å². The fourth-order valence-corrected chi connectivity index (χ4v) is 4.38. The van der Waals surface area contributed by atoms with Gasteiger partial charge in [0.2, 0.25) is 5.91 Å². The van der Waals surface area contributed by atoms with Crippen LogP contribution in [0.4, 0.5) is 18.9 Å². The highest BCUT2D eigenvalue weighted by Gasteiger charge is 2.40. The second-order valence-corrected chi connectivity index (χ2v) is 7.91. The molecule has 0 aromatic heterocycles. The third kappa shape index (κ3) is 5.02. The summed E-state index contributed by atoms with van der Waals surface area (Å²) in [5, 5.41) is 12.1. The van der Waals surface area contributed by atoms with E-state index in [1.165, 1.54) is 18.6 Å². The molecular formula is C21H26F3N3O2. The number of benzene rings is 1. The number of nitrogens with one attached hydrogen (secondary N) is 1. The van der Waals surface area contributed by atoms with Crippen molar-refractivity contribution in [3.05, 3.63) is 29.3 Å². The number of amides is 1. The van der Waals surface area contributed by atoms with E-state index in [9.17, 15) is 18.0 Å². The first-order chi connectivity index (χ1) is 13.8. The van der Waals surface area contributed by atoms with Crippen LogP contribution in [0.15, 0.2) is 18.2 Å². The molecular weight excluding hydrogens is 383 g/mol. The van der Waals surface area contributed by atoms with Gasteiger partial charge in [-0.15, -0.1) is 0 Å². The maximum absolute atomic E-state index is 13.3. The SMILES string of the molecule is COC[C@H]1CN(c2ccc(C#N)c(C(F)(F)F)c2)C[C@@H]1C(=O)NC1CCCCC1. The number of nitrogens with zero attached hydrogens (tertiary/aromatic N) is 2. The van der Waals surface area contributed by atoms with Gasteiger partial charge >= 0.3 is 6.18 Å². The number of hydrogen-bond acceptors (Lipinski definition) is 4. The monoisotopic (exact) mass is 409 g/mol. The Labute approximate surface area is 168 Å². The summed E-state index contributed by atoms with van der Waals surface area (Å²) in [4.78, 5) is 14.7. The highest BCUT2D eigenvalue weighted by molar-refractivity contribution is 5.81. The molecule has 8 heteroatoms. The first-order valence-corrected chi connectivity index (χ1v) is 9.99. The van der Waals surface area contributed by atoms with Crippen molar-refractivity contribution in [2.45, 2.75) is 44.3 Å². The number of alkyl halides is 3. The average molecular weight is 409 g/mol. The molecule has 158 valence electrons. The van der Waals surface area contributed by atoms with Crippen LogP contribution in [-0.2, 0) is 15.7 Å². The third-order valence-corrected chi connectivity index (χ3v) is 5.90. The lowest BCUT2D eigenvalue weighted by atomic mass is 9.92. The van der Waals surface area contributed by atoms with Gasteiger partial charge in [-0.05, 0) is 31.0 Å². The number of ether oxygens (including phenoxy) is 1. The average Bonchev–Trinajstić information content (AvgIpc) is 3.12. The first kappa shape index (κ1) is 21.4. The highest BCUT2D eigenvalue weighted by atomic mass is 19.4. The summed E-state index contributed by atoms with van der Waals surface area (Å²) >= 11 is 0. The maximum Gasteiger partial charge on any atom is 0.417 e. The predicted octanol–water partition coefficient (Wildman–Crippen LogP) is 3.72. The van der Waals surface area contributed by atoms with Crippen molar-refractivity contribution in [3.63, 3.8) is 0 Å². The van der Waals surface area contributed by atoms with Crippen LogP contribution >= 0.6 is 0 Å². The van der Waals surface area contributed by atoms with Crippen LogP contribution < -0.4 is 10.2 Å². The molecule has 1 aliphatic carbocycles. The van der Waals surface area contributed by atoms with E-state index >= 15 is 0 Å². The number of carbonyl (C=O) groups excluding carboxylic acids is 1. The minimum Gasteiger partial charge on any atom is -0.384 e. The molecule has 1 aromatic rings. The fourth-order valence-electron chi connectivity index (χ4n) is 4.38. The zero-order chi connectivity index (χ0) is 21.0. The molecule has 5 nitrogen and oxygen atoms in total. The molecule has 1 saturated heterocycles. The van der Waals surface area contributed by atoms with Gasteiger partial charge in [0, 0.05) is 37.8 Å². The van der Waals surface area contributed by atoms with Gasteiger partial charge in [0.05, 0.1) is 29.7 Å². The van der Waals surface area contributed by atoms with Crippen LogP contribution in [0, 0.1) is 23.2 Å². The van der Waals surface area contributed by atoms with Crippen LogP contribution in [0.2, 0.25) is 0 Å². The number of carbonyl (C=O) groups is 1. The Hall–Kier alpha value is -2.27. The smallest absolute Gasteiger partial charge is 0.384 e. The summed E-state index contributed by atoms with van der Waals surface area (Å²) in [7, 11) is 1.56. The molecule has 1 aliphatic heterocycles. The molecule has 1 heterocycles. The number of anilines is 1. The van der Waals surface area contributed by atoms with E-state index in [1.54, 1.807) is 18.1 Å². The molecule has 0 radical (unpaired) electrons. The Balaban J connectivity index is 1.77. The van der Waals surface area contributed by atoms with Gasteiger partial charge in [-0.2, -0.15) is 18.4 Å². The number of methoxy groups -OCH3 is 1. The number of halogens is 3. The molecule has 1 saturated carbocycles. The van der Waals surface area contributed by atoms with E-state index < -0.39 is 17.3 Å². The molecule has 1 aromatic carbocycles. The second kappa shape index (κ2) is 9.04. The lowest BCUT2D eigenvalue weighted by Crippen LogP contribution is -2.42. The van der Waals surface area contributed by atoms with Gasteiger partial charge in [-0.25, -0.2) is 0 Å². The fraction of sp³-hybridized carbons (Fsp3) is 0.619. The molecule has 0 unspecified atom stereocenters. The lowest BCUT2D eigenvalue weighted by molar-refractivity contribution is -0.137. The Morgan fingerprint density at radius 1 is 1.28 bits per heavy atom. The van der Waals surface area contributed by atoms with E-state index in [-0.39, 0.29) is 23.8 Å². The summed E-state index contributed by atoms with van der Waals surface area (Å²) in [6, 6.07) is 5.49. The quantitative estimate of drug-likeness (QED) is 0.805. The first-order valence-electron chi connectivity index (χ1n) is 9.99. The molecule has 2 aliphatic rings. The van der Waals surface area contributed by atoms with Crippen molar-refractivity contribution in [2.24, 2.45) is 11.8 Å². The largest absolute Gasteiger partial charge is 0.417 e. The number of nitriles is 1. The van der Waals surface area contributed by atoms with Gasteiger partial charge in [-0.3, -0.25) is 4.79 Å². The van der Waals surface area contributed by atoms with Gasteiger partial charge in [0.15, 0.2) is 0 Å². The van der Waals surface area contributed by atoms with Crippen LogP contribution in [0.1, 0.15) is 43.2 Å². The van der Waals surface area contributed by atoms with Crippen molar-refractivity contribution in [1.82, 2.24) is 5.32 Å². The molecule has 2 fully saturated rings. The Kier molecular flexibility index (Phi) is 6.68. The zero-order valence-electron chi connectivity index (χ0n) is 16.5. The second-order valence-electron chi connectivity index (χ2n) is 7.91. The molecule has 1 amide bonds. The molecule has 29 heavy (non-hydrogen) atoms. The minimum absolute atomic E-state index is 0.0499. The van der Waals surface area contributed by atoms with Gasteiger partial charge in [0.25, 0.3) is 0 Å². The van der Waals surface area contributed by atoms with Crippen LogP contribution in [0.3, 0.4) is 0 Å². The number of rotatable bonds is 5. The third-order valence-electron chi connectivity index (χ3n) is 5.90. The van der Waals surface area contributed by atoms with Crippen molar-refractivity contribution < 1.29 is 22.7 Å². The van der Waals surface area contributed by atoms with E-state index in [4.69, 9.17) is 10.00 Å². The van der Waals surface area contributed by atoms with Gasteiger partial charge in [0.1, 0.15) is 0 Å². The zero-order valence-corrected chi connectivity index (χ0v) is 16.5. The van der Waals surface area contributed by atoms with Crippen LogP contribution in [0.5, 0.6) is 0 Å². The molecule has 3 rings (SSSR count). The normalized spacial score (nSPS) is 23.1. The van der Waals surface area contributed by atoms with Gasteiger partial charge < -0.3 is 15.0 Å². The summed E-state index contributed by atoms with van der Waals surface area (Å²) in [5.41, 5.74) is -0.984. The van der Waals surface area contributed by atoms with Crippen LogP contribution in [-0.4, -0.2) is 38.8 Å². The molecule has 0 bridgehead atoms. The topological polar surface area (TPSA) is 65.4 Å².